The standard InChI is InChI=1S/C42H77NO12S/c1-3-5-7-9-11-13-15-17-19-21-23-25-27-29-31-36(46)41(49)43-34(35(45)30-28-26-24-22-20-18-16-14-12-10-8-6-4-2)33-53-42-39(48)40(55-56(50,51)52)38(47)37(32-44)54-42/h11,13,15,17,28,30,34-40,42,44-48H,3-10,12,14,16,18-27,29,31-33H2,1-2H3,(H,43,49)(H,50,51,52)/b13-11-,17-15-,30-28+. The largest absolute Gasteiger partial charge is 0.397 e. The van der Waals surface area contributed by atoms with Gasteiger partial charge in [0.15, 0.2) is 6.29 Å². The van der Waals surface area contributed by atoms with E-state index >= 15 is 0 Å². The number of allylic oxidation sites excluding steroid dienone is 5. The maximum absolute atomic E-state index is 13.1. The van der Waals surface area contributed by atoms with Gasteiger partial charge in [-0.2, -0.15) is 8.42 Å². The Kier molecular flexibility index (Phi) is 31.0. The van der Waals surface area contributed by atoms with Crippen LogP contribution in [-0.2, 0) is 28.9 Å². The predicted molar refractivity (Wildman–Crippen MR) is 219 cm³/mol. The lowest BCUT2D eigenvalue weighted by Crippen LogP contribution is -2.61. The molecule has 1 aliphatic rings. The summed E-state index contributed by atoms with van der Waals surface area (Å²) in [6.45, 7) is 3.14. The fourth-order valence-electron chi connectivity index (χ4n) is 6.57. The second kappa shape index (κ2) is 33.1. The summed E-state index contributed by atoms with van der Waals surface area (Å²) in [6.07, 6.45) is 25.1. The van der Waals surface area contributed by atoms with Crippen LogP contribution in [0.15, 0.2) is 36.5 Å². The summed E-state index contributed by atoms with van der Waals surface area (Å²) in [7, 11) is -5.12. The zero-order valence-corrected chi connectivity index (χ0v) is 35.1. The van der Waals surface area contributed by atoms with E-state index in [4.69, 9.17) is 14.0 Å². The normalized spacial score (nSPS) is 22.3. The Morgan fingerprint density at radius 3 is 1.75 bits per heavy atom. The monoisotopic (exact) mass is 820 g/mol. The Morgan fingerprint density at radius 1 is 0.732 bits per heavy atom. The van der Waals surface area contributed by atoms with Crippen LogP contribution < -0.4 is 5.32 Å². The summed E-state index contributed by atoms with van der Waals surface area (Å²) in [4.78, 5) is 13.1. The SMILES string of the molecule is CCCCC/C=C\C=C/CCCCCCCC(O)C(=O)NC(COC1OC(CO)C(O)C(OS(=O)(=O)O)C1O)C(O)/C=C/CCCCCCCCCCCCC. The van der Waals surface area contributed by atoms with Crippen molar-refractivity contribution in [3.63, 3.8) is 0 Å². The van der Waals surface area contributed by atoms with E-state index in [0.29, 0.717) is 12.8 Å². The zero-order chi connectivity index (χ0) is 41.4. The molecule has 328 valence electrons. The van der Waals surface area contributed by atoms with Crippen molar-refractivity contribution in [2.24, 2.45) is 0 Å². The first-order valence-electron chi connectivity index (χ1n) is 21.5. The van der Waals surface area contributed by atoms with Gasteiger partial charge in [-0.25, -0.2) is 4.18 Å². The number of nitrogens with one attached hydrogen (secondary N) is 1. The number of rotatable bonds is 35. The average molecular weight is 820 g/mol. The van der Waals surface area contributed by atoms with Gasteiger partial charge in [0.2, 0.25) is 5.91 Å². The Labute approximate surface area is 337 Å². The highest BCUT2D eigenvalue weighted by molar-refractivity contribution is 7.80. The van der Waals surface area contributed by atoms with Gasteiger partial charge in [0.05, 0.1) is 25.4 Å². The number of hydrogen-bond donors (Lipinski definition) is 7. The van der Waals surface area contributed by atoms with Crippen LogP contribution >= 0.6 is 0 Å². The lowest BCUT2D eigenvalue weighted by atomic mass is 9.99. The number of ether oxygens (including phenoxy) is 2. The Morgan fingerprint density at radius 2 is 1.21 bits per heavy atom. The Bertz CT molecular complexity index is 1170. The van der Waals surface area contributed by atoms with Crippen LogP contribution in [-0.4, -0.2) is 107 Å². The molecule has 0 aliphatic carbocycles. The van der Waals surface area contributed by atoms with E-state index in [1.165, 1.54) is 76.7 Å². The van der Waals surface area contributed by atoms with Crippen molar-refractivity contribution in [1.29, 1.82) is 0 Å². The smallest absolute Gasteiger partial charge is 0.394 e. The molecular formula is C42H77NO12S. The molecule has 1 fully saturated rings. The third-order valence-electron chi connectivity index (χ3n) is 10.1. The topological polar surface area (TPSA) is 212 Å². The molecule has 1 saturated heterocycles. The molecule has 14 heteroatoms. The quantitative estimate of drug-likeness (QED) is 0.0158. The highest BCUT2D eigenvalue weighted by Gasteiger charge is 2.48. The third kappa shape index (κ3) is 25.6. The second-order valence-corrected chi connectivity index (χ2v) is 16.1. The number of unbranched alkanes of at least 4 members (excludes halogenated alkanes) is 19. The molecule has 0 bridgehead atoms. The molecule has 0 spiro atoms. The summed E-state index contributed by atoms with van der Waals surface area (Å²) in [5, 5.41) is 55.0. The summed E-state index contributed by atoms with van der Waals surface area (Å²) in [6, 6.07) is -1.12. The fourth-order valence-corrected chi connectivity index (χ4v) is 7.08. The number of hydrogen-bond acceptors (Lipinski definition) is 11. The van der Waals surface area contributed by atoms with Gasteiger partial charge in [-0.3, -0.25) is 9.35 Å². The van der Waals surface area contributed by atoms with Crippen molar-refractivity contribution < 1.29 is 57.0 Å². The molecule has 0 aromatic heterocycles. The van der Waals surface area contributed by atoms with Crippen molar-refractivity contribution in [1.82, 2.24) is 5.32 Å². The first kappa shape index (κ1) is 52.3. The molecule has 8 unspecified atom stereocenters. The van der Waals surface area contributed by atoms with E-state index < -0.39 is 78.5 Å². The molecule has 8 atom stereocenters. The van der Waals surface area contributed by atoms with E-state index in [0.717, 1.165) is 57.8 Å². The van der Waals surface area contributed by atoms with E-state index in [2.05, 4.69) is 47.7 Å². The summed E-state index contributed by atoms with van der Waals surface area (Å²) in [5.41, 5.74) is 0. The van der Waals surface area contributed by atoms with Gasteiger partial charge in [0.25, 0.3) is 0 Å². The minimum absolute atomic E-state index is 0.224. The molecule has 1 heterocycles. The molecule has 0 aromatic carbocycles. The first-order chi connectivity index (χ1) is 26.9. The van der Waals surface area contributed by atoms with Crippen LogP contribution in [0.2, 0.25) is 0 Å². The molecule has 56 heavy (non-hydrogen) atoms. The van der Waals surface area contributed by atoms with Gasteiger partial charge >= 0.3 is 10.4 Å². The van der Waals surface area contributed by atoms with E-state index in [1.54, 1.807) is 0 Å². The van der Waals surface area contributed by atoms with Crippen LogP contribution in [0.25, 0.3) is 0 Å². The molecule has 1 rings (SSSR count). The summed E-state index contributed by atoms with van der Waals surface area (Å²) >= 11 is 0. The van der Waals surface area contributed by atoms with Crippen molar-refractivity contribution >= 4 is 16.3 Å². The lowest BCUT2D eigenvalue weighted by molar-refractivity contribution is -0.298. The molecule has 1 amide bonds. The molecule has 7 N–H and O–H groups in total. The van der Waals surface area contributed by atoms with Gasteiger partial charge < -0.3 is 40.3 Å². The van der Waals surface area contributed by atoms with Crippen LogP contribution in [0, 0.1) is 0 Å². The Balaban J connectivity index is 2.66. The third-order valence-corrected chi connectivity index (χ3v) is 10.5. The second-order valence-electron chi connectivity index (χ2n) is 15.1. The maximum Gasteiger partial charge on any atom is 0.397 e. The van der Waals surface area contributed by atoms with Gasteiger partial charge in [0, 0.05) is 0 Å². The minimum Gasteiger partial charge on any atom is -0.394 e. The zero-order valence-electron chi connectivity index (χ0n) is 34.3. The van der Waals surface area contributed by atoms with E-state index in [9.17, 15) is 38.7 Å². The summed E-state index contributed by atoms with van der Waals surface area (Å²) < 4.78 is 47.4. The van der Waals surface area contributed by atoms with Crippen molar-refractivity contribution in [3.05, 3.63) is 36.5 Å². The Hall–Kier alpha value is -1.72. The molecule has 0 aromatic rings. The number of carbonyl (C=O) groups is 1. The number of aliphatic hydroxyl groups is 5. The van der Waals surface area contributed by atoms with Gasteiger partial charge in [-0.1, -0.05) is 153 Å². The predicted octanol–water partition coefficient (Wildman–Crippen LogP) is 6.52. The van der Waals surface area contributed by atoms with E-state index in [1.807, 2.05) is 6.08 Å². The van der Waals surface area contributed by atoms with Gasteiger partial charge in [-0.05, 0) is 44.9 Å². The van der Waals surface area contributed by atoms with Crippen LogP contribution in [0.4, 0.5) is 0 Å². The molecule has 0 saturated carbocycles. The average Bonchev–Trinajstić information content (AvgIpc) is 3.16. The fraction of sp³-hybridized carbons (Fsp3) is 0.833. The van der Waals surface area contributed by atoms with Gasteiger partial charge in [0.1, 0.15) is 30.5 Å². The number of amides is 1. The van der Waals surface area contributed by atoms with Crippen molar-refractivity contribution in [3.8, 4) is 0 Å². The maximum atomic E-state index is 13.1. The summed E-state index contributed by atoms with van der Waals surface area (Å²) in [5.74, 6) is -0.717. The lowest BCUT2D eigenvalue weighted by Gasteiger charge is -2.41. The first-order valence-corrected chi connectivity index (χ1v) is 22.9. The molecule has 1 aliphatic heterocycles. The van der Waals surface area contributed by atoms with Crippen LogP contribution in [0.1, 0.15) is 162 Å². The number of aliphatic hydroxyl groups excluding tert-OH is 5. The highest BCUT2D eigenvalue weighted by Crippen LogP contribution is 2.26. The van der Waals surface area contributed by atoms with Crippen molar-refractivity contribution in [2.45, 2.75) is 210 Å². The van der Waals surface area contributed by atoms with Crippen LogP contribution in [0.5, 0.6) is 0 Å². The number of carbonyl (C=O) groups excluding carboxylic acids is 1. The van der Waals surface area contributed by atoms with Crippen molar-refractivity contribution in [2.75, 3.05) is 13.2 Å². The molecule has 13 nitrogen and oxygen atoms in total. The minimum atomic E-state index is -5.12. The highest BCUT2D eigenvalue weighted by atomic mass is 32.3. The van der Waals surface area contributed by atoms with Gasteiger partial charge in [-0.15, -0.1) is 0 Å². The van der Waals surface area contributed by atoms with Crippen LogP contribution in [0.3, 0.4) is 0 Å². The van der Waals surface area contributed by atoms with E-state index in [-0.39, 0.29) is 6.42 Å². The molecular weight excluding hydrogens is 743 g/mol. The molecule has 0 radical (unpaired) electrons.